The van der Waals surface area contributed by atoms with Crippen LogP contribution in [0.25, 0.3) is 11.6 Å². The van der Waals surface area contributed by atoms with Gasteiger partial charge in [0.05, 0.1) is 11.4 Å². The van der Waals surface area contributed by atoms with Crippen LogP contribution in [-0.2, 0) is 5.41 Å². The SMILES string of the molecule is Cc1c(C(=O)Oc2ccccn2)[nH]c2c1C(C)(C)C1=Nc3ccccc3C1=C2. The number of esters is 1. The van der Waals surface area contributed by atoms with Crippen molar-refractivity contribution in [2.45, 2.75) is 26.2 Å². The Morgan fingerprint density at radius 1 is 1.11 bits per heavy atom. The van der Waals surface area contributed by atoms with E-state index in [0.29, 0.717) is 5.69 Å². The van der Waals surface area contributed by atoms with E-state index in [4.69, 9.17) is 9.73 Å². The summed E-state index contributed by atoms with van der Waals surface area (Å²) in [5, 5.41) is 0. The number of nitrogens with zero attached hydrogens (tertiary/aromatic N) is 2. The summed E-state index contributed by atoms with van der Waals surface area (Å²) < 4.78 is 5.45. The maximum Gasteiger partial charge on any atom is 0.361 e. The molecule has 3 aromatic rings. The number of rotatable bonds is 2. The molecule has 2 aromatic heterocycles. The Hall–Kier alpha value is -3.47. The third-order valence-corrected chi connectivity index (χ3v) is 5.51. The van der Waals surface area contributed by atoms with Crippen LogP contribution in [0.2, 0.25) is 0 Å². The number of ether oxygens (including phenoxy) is 1. The molecule has 0 spiro atoms. The van der Waals surface area contributed by atoms with E-state index in [9.17, 15) is 4.79 Å². The largest absolute Gasteiger partial charge is 0.403 e. The van der Waals surface area contributed by atoms with Crippen LogP contribution in [0.15, 0.2) is 53.7 Å². The van der Waals surface area contributed by atoms with Gasteiger partial charge in [-0.05, 0) is 36.3 Å². The zero-order valence-electron chi connectivity index (χ0n) is 15.9. The summed E-state index contributed by atoms with van der Waals surface area (Å²) in [5.74, 6) is -0.153. The molecule has 0 saturated carbocycles. The zero-order chi connectivity index (χ0) is 19.5. The molecule has 0 fully saturated rings. The number of hydrogen-bond acceptors (Lipinski definition) is 4. The minimum absolute atomic E-state index is 0.284. The third kappa shape index (κ3) is 2.29. The molecule has 28 heavy (non-hydrogen) atoms. The number of nitrogens with one attached hydrogen (secondary N) is 1. The molecule has 0 saturated heterocycles. The highest BCUT2D eigenvalue weighted by molar-refractivity contribution is 6.37. The zero-order valence-corrected chi connectivity index (χ0v) is 15.9. The highest BCUT2D eigenvalue weighted by Crippen LogP contribution is 2.48. The molecule has 3 heterocycles. The molecule has 5 nitrogen and oxygen atoms in total. The van der Waals surface area contributed by atoms with Crippen LogP contribution in [0.3, 0.4) is 0 Å². The van der Waals surface area contributed by atoms with Crippen molar-refractivity contribution >= 4 is 29.0 Å². The topological polar surface area (TPSA) is 67.3 Å². The Morgan fingerprint density at radius 3 is 2.68 bits per heavy atom. The van der Waals surface area contributed by atoms with Gasteiger partial charge in [0.1, 0.15) is 5.69 Å². The van der Waals surface area contributed by atoms with E-state index in [2.05, 4.69) is 36.0 Å². The first-order chi connectivity index (χ1) is 13.5. The molecule has 0 atom stereocenters. The van der Waals surface area contributed by atoms with Crippen LogP contribution in [-0.4, -0.2) is 21.6 Å². The van der Waals surface area contributed by atoms with Gasteiger partial charge >= 0.3 is 5.97 Å². The number of aromatic amines is 1. The second kappa shape index (κ2) is 5.76. The van der Waals surface area contributed by atoms with E-state index in [0.717, 1.165) is 39.4 Å². The van der Waals surface area contributed by atoms with Crippen molar-refractivity contribution in [2.75, 3.05) is 0 Å². The molecule has 138 valence electrons. The quantitative estimate of drug-likeness (QED) is 0.656. The van der Waals surface area contributed by atoms with Gasteiger partial charge in [-0.25, -0.2) is 9.78 Å². The molecular formula is C23H19N3O2. The molecule has 2 aliphatic rings. The number of carbonyl (C=O) groups excluding carboxylic acids is 1. The van der Waals surface area contributed by atoms with Gasteiger partial charge in [-0.15, -0.1) is 0 Å². The molecule has 1 aromatic carbocycles. The van der Waals surface area contributed by atoms with E-state index in [1.54, 1.807) is 24.4 Å². The van der Waals surface area contributed by atoms with Crippen molar-refractivity contribution in [1.82, 2.24) is 9.97 Å². The van der Waals surface area contributed by atoms with Crippen LogP contribution >= 0.6 is 0 Å². The Balaban J connectivity index is 1.61. The monoisotopic (exact) mass is 369 g/mol. The maximum absolute atomic E-state index is 12.8. The van der Waals surface area contributed by atoms with Crippen LogP contribution in [0.5, 0.6) is 5.88 Å². The Labute approximate surface area is 162 Å². The van der Waals surface area contributed by atoms with Crippen molar-refractivity contribution in [3.8, 4) is 5.88 Å². The van der Waals surface area contributed by atoms with Crippen molar-refractivity contribution in [1.29, 1.82) is 0 Å². The fraction of sp³-hybridized carbons (Fsp3) is 0.174. The van der Waals surface area contributed by atoms with Crippen molar-refractivity contribution < 1.29 is 9.53 Å². The second-order valence-corrected chi connectivity index (χ2v) is 7.63. The number of allylic oxidation sites excluding steroid dienone is 1. The van der Waals surface area contributed by atoms with Crippen LogP contribution in [0, 0.1) is 6.92 Å². The van der Waals surface area contributed by atoms with Gasteiger partial charge < -0.3 is 9.72 Å². The van der Waals surface area contributed by atoms with Gasteiger partial charge in [0.15, 0.2) is 0 Å². The summed E-state index contributed by atoms with van der Waals surface area (Å²) in [6.45, 7) is 6.25. The van der Waals surface area contributed by atoms with E-state index in [-0.39, 0.29) is 11.3 Å². The van der Waals surface area contributed by atoms with Gasteiger partial charge in [0, 0.05) is 34.5 Å². The molecule has 0 bridgehead atoms. The van der Waals surface area contributed by atoms with Gasteiger partial charge in [-0.3, -0.25) is 4.99 Å². The first-order valence-corrected chi connectivity index (χ1v) is 9.23. The summed E-state index contributed by atoms with van der Waals surface area (Å²) in [6.07, 6.45) is 3.69. The molecule has 5 heteroatoms. The molecule has 0 amide bonds. The highest BCUT2D eigenvalue weighted by atomic mass is 16.5. The number of aliphatic imine (C=N–C) groups is 1. The Morgan fingerprint density at radius 2 is 1.89 bits per heavy atom. The fourth-order valence-electron chi connectivity index (χ4n) is 4.28. The van der Waals surface area contributed by atoms with Gasteiger partial charge in [-0.2, -0.15) is 0 Å². The third-order valence-electron chi connectivity index (χ3n) is 5.51. The Bertz CT molecular complexity index is 1180. The molecule has 1 aliphatic carbocycles. The predicted octanol–water partition coefficient (Wildman–Crippen LogP) is 4.86. The van der Waals surface area contributed by atoms with Crippen molar-refractivity contribution in [3.05, 3.63) is 76.7 Å². The molecule has 0 radical (unpaired) electrons. The summed E-state index contributed by atoms with van der Waals surface area (Å²) in [4.78, 5) is 25.0. The fourth-order valence-corrected chi connectivity index (χ4v) is 4.28. The summed E-state index contributed by atoms with van der Waals surface area (Å²) in [5.41, 5.74) is 7.28. The van der Waals surface area contributed by atoms with Crippen LogP contribution < -0.4 is 4.74 Å². The van der Waals surface area contributed by atoms with Crippen LogP contribution in [0.4, 0.5) is 5.69 Å². The average Bonchev–Trinajstić information content (AvgIpc) is 3.22. The first kappa shape index (κ1) is 16.7. The maximum atomic E-state index is 12.8. The number of benzene rings is 1. The molecule has 5 rings (SSSR count). The predicted molar refractivity (Wildman–Crippen MR) is 109 cm³/mol. The lowest BCUT2D eigenvalue weighted by atomic mass is 9.71. The van der Waals surface area contributed by atoms with E-state index in [1.165, 1.54) is 0 Å². The summed E-state index contributed by atoms with van der Waals surface area (Å²) >= 11 is 0. The van der Waals surface area contributed by atoms with Crippen molar-refractivity contribution in [3.63, 3.8) is 0 Å². The van der Waals surface area contributed by atoms with E-state index >= 15 is 0 Å². The molecule has 0 unspecified atom stereocenters. The molecule has 1 N–H and O–H groups in total. The standard InChI is InChI=1S/C23H19N3O2/c1-13-19-17(25-20(13)22(27)28-18-10-6-7-11-24-18)12-15-14-8-4-5-9-16(14)26-21(15)23(19,2)3/h4-12,25H,1-3H3. The van der Waals surface area contributed by atoms with E-state index in [1.807, 2.05) is 25.1 Å². The highest BCUT2D eigenvalue weighted by Gasteiger charge is 2.42. The number of aromatic nitrogens is 2. The number of H-pyrrole nitrogens is 1. The average molecular weight is 369 g/mol. The minimum atomic E-state index is -0.438. The number of carbonyl (C=O) groups is 1. The normalized spacial score (nSPS) is 15.8. The number of para-hydroxylation sites is 1. The van der Waals surface area contributed by atoms with E-state index < -0.39 is 5.97 Å². The van der Waals surface area contributed by atoms with Gasteiger partial charge in [0.2, 0.25) is 5.88 Å². The lowest BCUT2D eigenvalue weighted by Gasteiger charge is -2.31. The van der Waals surface area contributed by atoms with Gasteiger partial charge in [0.25, 0.3) is 0 Å². The Kier molecular flexibility index (Phi) is 3.43. The smallest absolute Gasteiger partial charge is 0.361 e. The minimum Gasteiger partial charge on any atom is -0.403 e. The molecule has 1 aliphatic heterocycles. The second-order valence-electron chi connectivity index (χ2n) is 7.63. The first-order valence-electron chi connectivity index (χ1n) is 9.23. The van der Waals surface area contributed by atoms with Gasteiger partial charge in [-0.1, -0.05) is 38.1 Å². The molecular weight excluding hydrogens is 350 g/mol. The number of hydrogen-bond donors (Lipinski definition) is 1. The lowest BCUT2D eigenvalue weighted by Crippen LogP contribution is -2.32. The summed E-state index contributed by atoms with van der Waals surface area (Å²) in [6, 6.07) is 13.4. The van der Waals surface area contributed by atoms with Crippen LogP contribution in [0.1, 0.15) is 46.7 Å². The number of pyridine rings is 1. The summed E-state index contributed by atoms with van der Waals surface area (Å²) in [7, 11) is 0. The van der Waals surface area contributed by atoms with Crippen molar-refractivity contribution in [2.24, 2.45) is 4.99 Å². The lowest BCUT2D eigenvalue weighted by molar-refractivity contribution is 0.0721. The number of fused-ring (bicyclic) bond motifs is 4.